The van der Waals surface area contributed by atoms with Crippen molar-refractivity contribution in [3.63, 3.8) is 0 Å². The Morgan fingerprint density at radius 2 is 1.91 bits per heavy atom. The first kappa shape index (κ1) is 20.3. The number of nitrogens with one attached hydrogen (secondary N) is 2. The Labute approximate surface area is 188 Å². The number of para-hydroxylation sites is 1. The number of anilines is 1. The number of amides is 2. The van der Waals surface area contributed by atoms with Crippen molar-refractivity contribution in [3.8, 4) is 11.4 Å². The van der Waals surface area contributed by atoms with Crippen LogP contribution in [-0.2, 0) is 4.79 Å². The highest BCUT2D eigenvalue weighted by atomic mass is 32.2. The Bertz CT molecular complexity index is 1310. The highest BCUT2D eigenvalue weighted by molar-refractivity contribution is 8.00. The SMILES string of the molecule is C[C@@H](Sc1nnc(-c2c[nH]c3ccccc23)n1C1CC1)C(=O)Nc1ccc(C(N)=O)cc1. The largest absolute Gasteiger partial charge is 0.366 e. The van der Waals surface area contributed by atoms with Crippen molar-refractivity contribution in [1.82, 2.24) is 19.7 Å². The summed E-state index contributed by atoms with van der Waals surface area (Å²) < 4.78 is 2.16. The summed E-state index contributed by atoms with van der Waals surface area (Å²) >= 11 is 1.39. The Hall–Kier alpha value is -3.59. The van der Waals surface area contributed by atoms with Crippen molar-refractivity contribution >= 4 is 40.2 Å². The first-order valence-electron chi connectivity index (χ1n) is 10.4. The minimum Gasteiger partial charge on any atom is -0.366 e. The molecule has 2 amide bonds. The fourth-order valence-electron chi connectivity index (χ4n) is 3.63. The maximum atomic E-state index is 12.8. The third-order valence-electron chi connectivity index (χ3n) is 5.50. The number of primary amides is 1. The number of hydrogen-bond donors (Lipinski definition) is 3. The van der Waals surface area contributed by atoms with Gasteiger partial charge in [0.05, 0.1) is 5.25 Å². The van der Waals surface area contributed by atoms with Gasteiger partial charge in [0.25, 0.3) is 0 Å². The average Bonchev–Trinajstić information content (AvgIpc) is 3.41. The van der Waals surface area contributed by atoms with Crippen LogP contribution in [-0.4, -0.2) is 36.8 Å². The molecule has 0 spiro atoms. The van der Waals surface area contributed by atoms with Crippen molar-refractivity contribution < 1.29 is 9.59 Å². The molecule has 1 saturated carbocycles. The van der Waals surface area contributed by atoms with Gasteiger partial charge in [-0.3, -0.25) is 14.2 Å². The average molecular weight is 447 g/mol. The van der Waals surface area contributed by atoms with E-state index in [1.165, 1.54) is 11.8 Å². The molecule has 8 nitrogen and oxygen atoms in total. The molecule has 1 aliphatic carbocycles. The van der Waals surface area contributed by atoms with Gasteiger partial charge < -0.3 is 16.0 Å². The Balaban J connectivity index is 1.36. The fraction of sp³-hybridized carbons (Fsp3) is 0.217. The standard InChI is InChI=1S/C23H22N6O2S/c1-13(22(31)26-15-8-6-14(7-9-15)20(24)30)32-23-28-27-21(29(23)16-10-11-16)18-12-25-19-5-3-2-4-17(18)19/h2-9,12-13,16,25H,10-11H2,1H3,(H2,24,30)(H,26,31)/t13-/m1/s1. The lowest BCUT2D eigenvalue weighted by Crippen LogP contribution is -2.23. The van der Waals surface area contributed by atoms with Crippen LogP contribution in [0.5, 0.6) is 0 Å². The lowest BCUT2D eigenvalue weighted by Gasteiger charge is -2.13. The van der Waals surface area contributed by atoms with Gasteiger partial charge in [-0.1, -0.05) is 30.0 Å². The molecule has 4 N–H and O–H groups in total. The molecule has 0 bridgehead atoms. The number of nitrogens with zero attached hydrogens (tertiary/aromatic N) is 3. The first-order valence-corrected chi connectivity index (χ1v) is 11.3. The number of fused-ring (bicyclic) bond motifs is 1. The summed E-state index contributed by atoms with van der Waals surface area (Å²) in [5, 5.41) is 13.2. The van der Waals surface area contributed by atoms with Gasteiger partial charge >= 0.3 is 0 Å². The number of aromatic nitrogens is 4. The molecule has 1 aliphatic rings. The zero-order chi connectivity index (χ0) is 22.2. The predicted octanol–water partition coefficient (Wildman–Crippen LogP) is 3.98. The molecule has 0 radical (unpaired) electrons. The summed E-state index contributed by atoms with van der Waals surface area (Å²) in [4.78, 5) is 27.3. The minimum atomic E-state index is -0.503. The quantitative estimate of drug-likeness (QED) is 0.371. The smallest absolute Gasteiger partial charge is 0.248 e. The van der Waals surface area contributed by atoms with Crippen LogP contribution in [0.25, 0.3) is 22.3 Å². The number of carbonyl (C=O) groups is 2. The second kappa shape index (κ2) is 8.16. The molecule has 5 rings (SSSR count). The monoisotopic (exact) mass is 446 g/mol. The van der Waals surface area contributed by atoms with E-state index >= 15 is 0 Å². The zero-order valence-corrected chi connectivity index (χ0v) is 18.2. The van der Waals surface area contributed by atoms with Gasteiger partial charge in [0.2, 0.25) is 11.8 Å². The van der Waals surface area contributed by atoms with Crippen LogP contribution in [0.4, 0.5) is 5.69 Å². The van der Waals surface area contributed by atoms with E-state index in [0.29, 0.717) is 17.3 Å². The van der Waals surface area contributed by atoms with E-state index in [1.54, 1.807) is 24.3 Å². The summed E-state index contributed by atoms with van der Waals surface area (Å²) in [7, 11) is 0. The van der Waals surface area contributed by atoms with Gasteiger partial charge in [-0.05, 0) is 50.1 Å². The maximum Gasteiger partial charge on any atom is 0.248 e. The number of rotatable bonds is 7. The van der Waals surface area contributed by atoms with Crippen molar-refractivity contribution in [1.29, 1.82) is 0 Å². The van der Waals surface area contributed by atoms with Crippen LogP contribution in [0.3, 0.4) is 0 Å². The van der Waals surface area contributed by atoms with Gasteiger partial charge in [-0.2, -0.15) is 0 Å². The summed E-state index contributed by atoms with van der Waals surface area (Å²) in [5.74, 6) is 0.167. The van der Waals surface area contributed by atoms with Gasteiger partial charge in [0, 0.05) is 40.0 Å². The molecule has 0 unspecified atom stereocenters. The Morgan fingerprint density at radius 1 is 1.16 bits per heavy atom. The first-order chi connectivity index (χ1) is 15.5. The summed E-state index contributed by atoms with van der Waals surface area (Å²) in [6.07, 6.45) is 4.12. The molecule has 0 aliphatic heterocycles. The molecule has 2 aromatic heterocycles. The predicted molar refractivity (Wildman–Crippen MR) is 124 cm³/mol. The van der Waals surface area contributed by atoms with E-state index < -0.39 is 5.91 Å². The topological polar surface area (TPSA) is 119 Å². The molecule has 4 aromatic rings. The molecule has 32 heavy (non-hydrogen) atoms. The third-order valence-corrected chi connectivity index (χ3v) is 6.55. The summed E-state index contributed by atoms with van der Waals surface area (Å²) in [6, 6.07) is 15.0. The van der Waals surface area contributed by atoms with Crippen LogP contribution in [0.15, 0.2) is 59.9 Å². The second-order valence-corrected chi connectivity index (χ2v) is 9.15. The minimum absolute atomic E-state index is 0.152. The molecule has 1 fully saturated rings. The number of thioether (sulfide) groups is 1. The van der Waals surface area contributed by atoms with Crippen molar-refractivity contribution in [2.45, 2.75) is 36.2 Å². The molecule has 9 heteroatoms. The van der Waals surface area contributed by atoms with E-state index in [9.17, 15) is 9.59 Å². The molecular formula is C23H22N6O2S. The number of hydrogen-bond acceptors (Lipinski definition) is 5. The number of carbonyl (C=O) groups excluding carboxylic acids is 2. The number of nitrogens with two attached hydrogens (primary N) is 1. The fourth-order valence-corrected chi connectivity index (χ4v) is 4.55. The van der Waals surface area contributed by atoms with Crippen LogP contribution in [0.2, 0.25) is 0 Å². The van der Waals surface area contributed by atoms with Crippen LogP contribution < -0.4 is 11.1 Å². The van der Waals surface area contributed by atoms with Crippen LogP contribution in [0.1, 0.15) is 36.2 Å². The number of H-pyrrole nitrogens is 1. The molecule has 0 saturated heterocycles. The van der Waals surface area contributed by atoms with E-state index in [1.807, 2.05) is 31.3 Å². The lowest BCUT2D eigenvalue weighted by molar-refractivity contribution is -0.115. The van der Waals surface area contributed by atoms with Gasteiger partial charge in [-0.25, -0.2) is 0 Å². The van der Waals surface area contributed by atoms with Crippen molar-refractivity contribution in [3.05, 3.63) is 60.3 Å². The normalized spacial score (nSPS) is 14.4. The number of benzene rings is 2. The highest BCUT2D eigenvalue weighted by Crippen LogP contribution is 2.42. The van der Waals surface area contributed by atoms with Gasteiger partial charge in [0.1, 0.15) is 0 Å². The Morgan fingerprint density at radius 3 is 2.62 bits per heavy atom. The molecule has 1 atom stereocenters. The van der Waals surface area contributed by atoms with E-state index in [-0.39, 0.29) is 11.2 Å². The molecular weight excluding hydrogens is 424 g/mol. The van der Waals surface area contributed by atoms with E-state index in [4.69, 9.17) is 5.73 Å². The highest BCUT2D eigenvalue weighted by Gasteiger charge is 2.32. The van der Waals surface area contributed by atoms with Gasteiger partial charge in [-0.15, -0.1) is 10.2 Å². The van der Waals surface area contributed by atoms with Crippen LogP contribution in [0, 0.1) is 0 Å². The van der Waals surface area contributed by atoms with E-state index in [0.717, 1.165) is 40.3 Å². The maximum absolute atomic E-state index is 12.8. The molecule has 162 valence electrons. The summed E-state index contributed by atoms with van der Waals surface area (Å²) in [6.45, 7) is 1.84. The Kier molecular flexibility index (Phi) is 5.18. The van der Waals surface area contributed by atoms with Crippen molar-refractivity contribution in [2.24, 2.45) is 5.73 Å². The second-order valence-electron chi connectivity index (χ2n) is 7.85. The van der Waals surface area contributed by atoms with Crippen molar-refractivity contribution in [2.75, 3.05) is 5.32 Å². The third kappa shape index (κ3) is 3.87. The lowest BCUT2D eigenvalue weighted by atomic mass is 10.1. The van der Waals surface area contributed by atoms with Gasteiger partial charge in [0.15, 0.2) is 11.0 Å². The van der Waals surface area contributed by atoms with E-state index in [2.05, 4.69) is 31.1 Å². The number of aromatic amines is 1. The molecule has 2 heterocycles. The summed E-state index contributed by atoms with van der Waals surface area (Å²) in [5.41, 5.74) is 8.33. The molecule has 2 aromatic carbocycles. The van der Waals surface area contributed by atoms with Crippen LogP contribution >= 0.6 is 11.8 Å². The zero-order valence-electron chi connectivity index (χ0n) is 17.4.